The summed E-state index contributed by atoms with van der Waals surface area (Å²) in [7, 11) is 0. The Hall–Kier alpha value is -1.43. The molecule has 5 nitrogen and oxygen atoms in total. The van der Waals surface area contributed by atoms with Crippen LogP contribution in [0.15, 0.2) is 22.8 Å². The molecule has 0 atom stereocenters. The molecular formula is C18H26N2O3S. The van der Waals surface area contributed by atoms with Crippen molar-refractivity contribution >= 4 is 23.6 Å². The molecule has 1 aromatic heterocycles. The number of unbranched alkanes of at least 4 members (excludes halogenated alkanes) is 2. The lowest BCUT2D eigenvalue weighted by atomic mass is 10.0. The maximum atomic E-state index is 12.7. The third-order valence-corrected chi connectivity index (χ3v) is 6.60. The fourth-order valence-electron chi connectivity index (χ4n) is 3.63. The van der Waals surface area contributed by atoms with Gasteiger partial charge in [0.25, 0.3) is 5.91 Å². The molecule has 0 aromatic carbocycles. The van der Waals surface area contributed by atoms with Gasteiger partial charge in [0.05, 0.1) is 11.1 Å². The van der Waals surface area contributed by atoms with Crippen molar-refractivity contribution in [1.29, 1.82) is 0 Å². The maximum Gasteiger partial charge on any atom is 0.290 e. The molecule has 0 N–H and O–H groups in total. The molecule has 0 aliphatic carbocycles. The van der Waals surface area contributed by atoms with Gasteiger partial charge in [-0.2, -0.15) is 0 Å². The van der Waals surface area contributed by atoms with Crippen molar-refractivity contribution in [2.75, 3.05) is 25.4 Å². The zero-order valence-corrected chi connectivity index (χ0v) is 15.1. The van der Waals surface area contributed by atoms with E-state index >= 15 is 0 Å². The topological polar surface area (TPSA) is 53.8 Å². The highest BCUT2D eigenvalue weighted by Crippen LogP contribution is 2.44. The molecule has 6 heteroatoms. The molecule has 24 heavy (non-hydrogen) atoms. The third-order valence-electron chi connectivity index (χ3n) is 5.05. The minimum Gasteiger partial charge on any atom is -0.459 e. The Morgan fingerprint density at radius 3 is 2.71 bits per heavy atom. The summed E-state index contributed by atoms with van der Waals surface area (Å²) in [6, 6.07) is 3.48. The van der Waals surface area contributed by atoms with Crippen molar-refractivity contribution in [3.05, 3.63) is 24.2 Å². The molecule has 0 bridgehead atoms. The summed E-state index contributed by atoms with van der Waals surface area (Å²) >= 11 is 1.86. The summed E-state index contributed by atoms with van der Waals surface area (Å²) in [4.78, 5) is 28.8. The molecule has 2 aliphatic rings. The van der Waals surface area contributed by atoms with Gasteiger partial charge in [-0.25, -0.2) is 0 Å². The molecule has 1 aromatic rings. The number of hydrogen-bond donors (Lipinski definition) is 0. The van der Waals surface area contributed by atoms with E-state index in [2.05, 4.69) is 6.92 Å². The molecule has 2 amide bonds. The second-order valence-electron chi connectivity index (χ2n) is 6.57. The number of amides is 2. The van der Waals surface area contributed by atoms with Crippen LogP contribution in [0.25, 0.3) is 0 Å². The summed E-state index contributed by atoms with van der Waals surface area (Å²) in [6.07, 6.45) is 7.13. The molecule has 3 rings (SSSR count). The number of carbonyl (C=O) groups excluding carboxylic acids is 2. The average molecular weight is 350 g/mol. The number of rotatable bonds is 5. The van der Waals surface area contributed by atoms with Crippen LogP contribution in [0.5, 0.6) is 0 Å². The zero-order valence-electron chi connectivity index (χ0n) is 14.3. The number of thioether (sulfide) groups is 1. The monoisotopic (exact) mass is 350 g/mol. The first-order chi connectivity index (χ1) is 11.7. The summed E-state index contributed by atoms with van der Waals surface area (Å²) in [5, 5.41) is 0. The summed E-state index contributed by atoms with van der Waals surface area (Å²) in [5.74, 6) is 1.62. The molecule has 2 fully saturated rings. The van der Waals surface area contributed by atoms with Gasteiger partial charge in [-0.1, -0.05) is 19.8 Å². The molecule has 1 spiro atoms. The Labute approximate surface area is 147 Å². The van der Waals surface area contributed by atoms with Crippen LogP contribution in [0, 0.1) is 0 Å². The molecule has 132 valence electrons. The normalized spacial score (nSPS) is 19.9. The first kappa shape index (κ1) is 17.4. The molecular weight excluding hydrogens is 324 g/mol. The van der Waals surface area contributed by atoms with Crippen LogP contribution in [-0.2, 0) is 4.79 Å². The Bertz CT molecular complexity index is 565. The highest BCUT2D eigenvalue weighted by atomic mass is 32.2. The van der Waals surface area contributed by atoms with Gasteiger partial charge in [-0.15, -0.1) is 11.8 Å². The van der Waals surface area contributed by atoms with E-state index in [-0.39, 0.29) is 16.7 Å². The lowest BCUT2D eigenvalue weighted by Crippen LogP contribution is -2.53. The van der Waals surface area contributed by atoms with Gasteiger partial charge in [-0.3, -0.25) is 9.59 Å². The van der Waals surface area contributed by atoms with Gasteiger partial charge in [-0.05, 0) is 31.4 Å². The first-order valence-electron chi connectivity index (χ1n) is 8.93. The molecule has 0 unspecified atom stereocenters. The Morgan fingerprint density at radius 2 is 2.04 bits per heavy atom. The number of piperidine rings is 1. The Morgan fingerprint density at radius 1 is 1.25 bits per heavy atom. The minimum atomic E-state index is -0.163. The maximum absolute atomic E-state index is 12.7. The van der Waals surface area contributed by atoms with Gasteiger partial charge in [0.1, 0.15) is 0 Å². The smallest absolute Gasteiger partial charge is 0.290 e. The number of nitrogens with zero attached hydrogens (tertiary/aromatic N) is 2. The Kier molecular flexibility index (Phi) is 5.54. The highest BCUT2D eigenvalue weighted by Gasteiger charge is 2.47. The van der Waals surface area contributed by atoms with Crippen molar-refractivity contribution < 1.29 is 14.0 Å². The van der Waals surface area contributed by atoms with Gasteiger partial charge in [0.2, 0.25) is 5.91 Å². The van der Waals surface area contributed by atoms with Crippen LogP contribution in [-0.4, -0.2) is 51.9 Å². The second-order valence-corrected chi connectivity index (χ2v) is 8.02. The SMILES string of the molecule is CCCCCC(=O)N1CCC2(CC1)SCCN2C(=O)c1ccco1. The van der Waals surface area contributed by atoms with E-state index in [4.69, 9.17) is 4.42 Å². The second kappa shape index (κ2) is 7.64. The summed E-state index contributed by atoms with van der Waals surface area (Å²) in [5.41, 5.74) is 0. The van der Waals surface area contributed by atoms with Crippen molar-refractivity contribution in [3.63, 3.8) is 0 Å². The molecule has 2 saturated heterocycles. The number of furan rings is 1. The van der Waals surface area contributed by atoms with E-state index in [9.17, 15) is 9.59 Å². The van der Waals surface area contributed by atoms with Crippen LogP contribution in [0.3, 0.4) is 0 Å². The molecule has 0 saturated carbocycles. The Balaban J connectivity index is 1.59. The van der Waals surface area contributed by atoms with Crippen molar-refractivity contribution in [1.82, 2.24) is 9.80 Å². The predicted molar refractivity (Wildman–Crippen MR) is 94.9 cm³/mol. The van der Waals surface area contributed by atoms with Crippen LogP contribution in [0.4, 0.5) is 0 Å². The lowest BCUT2D eigenvalue weighted by Gasteiger charge is -2.43. The fourth-order valence-corrected chi connectivity index (χ4v) is 5.09. The van der Waals surface area contributed by atoms with E-state index in [0.29, 0.717) is 12.2 Å². The number of hydrogen-bond acceptors (Lipinski definition) is 4. The van der Waals surface area contributed by atoms with E-state index in [1.165, 1.54) is 0 Å². The standard InChI is InChI=1S/C18H26N2O3S/c1-2-3-4-7-16(21)19-10-8-18(9-11-19)20(12-14-24-18)17(22)15-6-5-13-23-15/h5-6,13H,2-4,7-12,14H2,1H3. The van der Waals surface area contributed by atoms with Crippen LogP contribution in [0.1, 0.15) is 56.0 Å². The van der Waals surface area contributed by atoms with E-state index in [1.807, 2.05) is 21.6 Å². The summed E-state index contributed by atoms with van der Waals surface area (Å²) < 4.78 is 5.29. The van der Waals surface area contributed by atoms with Crippen molar-refractivity contribution in [3.8, 4) is 0 Å². The summed E-state index contributed by atoms with van der Waals surface area (Å²) in [6.45, 7) is 4.41. The van der Waals surface area contributed by atoms with E-state index in [0.717, 1.165) is 57.5 Å². The predicted octanol–water partition coefficient (Wildman–Crippen LogP) is 3.37. The average Bonchev–Trinajstić information content (AvgIpc) is 3.25. The van der Waals surface area contributed by atoms with E-state index < -0.39 is 0 Å². The van der Waals surface area contributed by atoms with Gasteiger partial charge < -0.3 is 14.2 Å². The number of carbonyl (C=O) groups is 2. The van der Waals surface area contributed by atoms with Gasteiger partial charge in [0, 0.05) is 31.8 Å². The van der Waals surface area contributed by atoms with Crippen LogP contribution >= 0.6 is 11.8 Å². The largest absolute Gasteiger partial charge is 0.459 e. The van der Waals surface area contributed by atoms with Crippen LogP contribution in [0.2, 0.25) is 0 Å². The van der Waals surface area contributed by atoms with Gasteiger partial charge >= 0.3 is 0 Å². The zero-order chi connectivity index (χ0) is 17.0. The third kappa shape index (κ3) is 3.48. The van der Waals surface area contributed by atoms with Crippen molar-refractivity contribution in [2.45, 2.75) is 50.3 Å². The van der Waals surface area contributed by atoms with Crippen molar-refractivity contribution in [2.24, 2.45) is 0 Å². The molecule has 3 heterocycles. The quantitative estimate of drug-likeness (QED) is 0.764. The fraction of sp³-hybridized carbons (Fsp3) is 0.667. The van der Waals surface area contributed by atoms with Gasteiger partial charge in [0.15, 0.2) is 5.76 Å². The molecule has 0 radical (unpaired) electrons. The van der Waals surface area contributed by atoms with E-state index in [1.54, 1.807) is 18.4 Å². The highest BCUT2D eigenvalue weighted by molar-refractivity contribution is 8.00. The van der Waals surface area contributed by atoms with Crippen LogP contribution < -0.4 is 0 Å². The lowest BCUT2D eigenvalue weighted by molar-refractivity contribution is -0.132. The minimum absolute atomic E-state index is 0.0206. The number of likely N-dealkylation sites (tertiary alicyclic amines) is 1. The first-order valence-corrected chi connectivity index (χ1v) is 9.92. The molecule has 2 aliphatic heterocycles.